The van der Waals surface area contributed by atoms with Gasteiger partial charge < -0.3 is 5.32 Å². The van der Waals surface area contributed by atoms with E-state index in [1.54, 1.807) is 6.07 Å². The molecule has 0 aliphatic rings. The summed E-state index contributed by atoms with van der Waals surface area (Å²) in [7, 11) is 0. The Morgan fingerprint density at radius 2 is 2.00 bits per heavy atom. The first-order chi connectivity index (χ1) is 8.69. The van der Waals surface area contributed by atoms with Crippen LogP contribution in [0.2, 0.25) is 0 Å². The first-order valence-electron chi connectivity index (χ1n) is 6.85. The van der Waals surface area contributed by atoms with Crippen molar-refractivity contribution in [2.24, 2.45) is 0 Å². The SMILES string of the molecule is CCCNC(CCC)CCc1cccc(F)c1Br. The van der Waals surface area contributed by atoms with Crippen molar-refractivity contribution in [2.75, 3.05) is 6.54 Å². The summed E-state index contributed by atoms with van der Waals surface area (Å²) in [6, 6.07) is 5.82. The van der Waals surface area contributed by atoms with Gasteiger partial charge in [0.2, 0.25) is 0 Å². The molecule has 1 N–H and O–H groups in total. The van der Waals surface area contributed by atoms with Crippen molar-refractivity contribution >= 4 is 15.9 Å². The van der Waals surface area contributed by atoms with Crippen LogP contribution in [0.25, 0.3) is 0 Å². The zero-order valence-electron chi connectivity index (χ0n) is 11.3. The first-order valence-corrected chi connectivity index (χ1v) is 7.64. The summed E-state index contributed by atoms with van der Waals surface area (Å²) in [5.74, 6) is -0.166. The Balaban J connectivity index is 2.52. The molecular formula is C15H23BrFN. The van der Waals surface area contributed by atoms with Gasteiger partial charge in [0.25, 0.3) is 0 Å². The van der Waals surface area contributed by atoms with E-state index in [1.165, 1.54) is 18.9 Å². The van der Waals surface area contributed by atoms with Gasteiger partial charge in [0, 0.05) is 6.04 Å². The minimum atomic E-state index is -0.166. The second-order valence-electron chi connectivity index (χ2n) is 4.69. The molecule has 0 amide bonds. The Bertz CT molecular complexity index is 354. The molecule has 1 nitrogen and oxygen atoms in total. The Labute approximate surface area is 118 Å². The topological polar surface area (TPSA) is 12.0 Å². The highest BCUT2D eigenvalue weighted by Gasteiger charge is 2.10. The van der Waals surface area contributed by atoms with E-state index in [9.17, 15) is 4.39 Å². The van der Waals surface area contributed by atoms with Crippen molar-refractivity contribution in [3.8, 4) is 0 Å². The number of hydrogen-bond donors (Lipinski definition) is 1. The quantitative estimate of drug-likeness (QED) is 0.734. The van der Waals surface area contributed by atoms with Crippen LogP contribution in [0.5, 0.6) is 0 Å². The molecule has 0 saturated carbocycles. The standard InChI is InChI=1S/C15H23BrFN/c1-3-6-13(18-11-4-2)10-9-12-7-5-8-14(17)15(12)16/h5,7-8,13,18H,3-4,6,9-11H2,1-2H3. The van der Waals surface area contributed by atoms with E-state index in [0.29, 0.717) is 10.5 Å². The molecule has 0 aliphatic carbocycles. The lowest BCUT2D eigenvalue weighted by Crippen LogP contribution is -2.30. The second-order valence-corrected chi connectivity index (χ2v) is 5.48. The molecule has 0 aliphatic heterocycles. The number of hydrogen-bond acceptors (Lipinski definition) is 1. The van der Waals surface area contributed by atoms with Gasteiger partial charge >= 0.3 is 0 Å². The van der Waals surface area contributed by atoms with Crippen LogP contribution in [0.4, 0.5) is 4.39 Å². The van der Waals surface area contributed by atoms with Crippen molar-refractivity contribution < 1.29 is 4.39 Å². The number of benzene rings is 1. The molecule has 1 aromatic carbocycles. The lowest BCUT2D eigenvalue weighted by Gasteiger charge is -2.18. The molecule has 0 fully saturated rings. The summed E-state index contributed by atoms with van der Waals surface area (Å²) in [6.07, 6.45) is 5.51. The summed E-state index contributed by atoms with van der Waals surface area (Å²) >= 11 is 3.33. The van der Waals surface area contributed by atoms with Crippen LogP contribution < -0.4 is 5.32 Å². The summed E-state index contributed by atoms with van der Waals surface area (Å²) in [5, 5.41) is 3.57. The fourth-order valence-corrected chi connectivity index (χ4v) is 2.58. The lowest BCUT2D eigenvalue weighted by atomic mass is 10.0. The molecule has 102 valence electrons. The fourth-order valence-electron chi connectivity index (χ4n) is 2.12. The van der Waals surface area contributed by atoms with Gasteiger partial charge in [-0.2, -0.15) is 0 Å². The maximum absolute atomic E-state index is 13.4. The highest BCUT2D eigenvalue weighted by atomic mass is 79.9. The smallest absolute Gasteiger partial charge is 0.137 e. The maximum atomic E-state index is 13.4. The van der Waals surface area contributed by atoms with Crippen LogP contribution in [-0.4, -0.2) is 12.6 Å². The maximum Gasteiger partial charge on any atom is 0.137 e. The van der Waals surface area contributed by atoms with Gasteiger partial charge in [-0.05, 0) is 59.8 Å². The van der Waals surface area contributed by atoms with Crippen LogP contribution >= 0.6 is 15.9 Å². The van der Waals surface area contributed by atoms with Gasteiger partial charge in [-0.15, -0.1) is 0 Å². The van der Waals surface area contributed by atoms with E-state index in [2.05, 4.69) is 35.1 Å². The van der Waals surface area contributed by atoms with E-state index < -0.39 is 0 Å². The average Bonchev–Trinajstić information content (AvgIpc) is 2.37. The number of nitrogens with one attached hydrogen (secondary N) is 1. The van der Waals surface area contributed by atoms with Gasteiger partial charge in [0.15, 0.2) is 0 Å². The number of rotatable bonds is 8. The first kappa shape index (κ1) is 15.6. The van der Waals surface area contributed by atoms with Crippen molar-refractivity contribution in [1.29, 1.82) is 0 Å². The number of aryl methyl sites for hydroxylation is 1. The largest absolute Gasteiger partial charge is 0.314 e. The predicted octanol–water partition coefficient (Wildman–Crippen LogP) is 4.69. The van der Waals surface area contributed by atoms with Crippen molar-refractivity contribution in [1.82, 2.24) is 5.32 Å². The van der Waals surface area contributed by atoms with Gasteiger partial charge in [-0.25, -0.2) is 4.39 Å². The molecule has 0 spiro atoms. The third-order valence-electron chi connectivity index (χ3n) is 3.11. The van der Waals surface area contributed by atoms with Crippen LogP contribution in [0.3, 0.4) is 0 Å². The molecule has 0 saturated heterocycles. The Kier molecular flexibility index (Phi) is 7.52. The second kappa shape index (κ2) is 8.65. The zero-order valence-corrected chi connectivity index (χ0v) is 12.9. The van der Waals surface area contributed by atoms with Gasteiger partial charge in [0.1, 0.15) is 5.82 Å². The van der Waals surface area contributed by atoms with E-state index in [0.717, 1.165) is 31.4 Å². The fraction of sp³-hybridized carbons (Fsp3) is 0.600. The molecule has 0 aromatic heterocycles. The van der Waals surface area contributed by atoms with Crippen molar-refractivity contribution in [2.45, 2.75) is 52.0 Å². The van der Waals surface area contributed by atoms with Crippen LogP contribution in [0.15, 0.2) is 22.7 Å². The Morgan fingerprint density at radius 3 is 2.67 bits per heavy atom. The monoisotopic (exact) mass is 315 g/mol. The molecule has 0 heterocycles. The summed E-state index contributed by atoms with van der Waals surface area (Å²) in [6.45, 7) is 5.45. The molecular weight excluding hydrogens is 293 g/mol. The minimum absolute atomic E-state index is 0.166. The summed E-state index contributed by atoms with van der Waals surface area (Å²) in [5.41, 5.74) is 1.06. The molecule has 1 rings (SSSR count). The number of halogens is 2. The van der Waals surface area contributed by atoms with Crippen LogP contribution in [0, 0.1) is 5.82 Å². The Morgan fingerprint density at radius 1 is 1.22 bits per heavy atom. The highest BCUT2D eigenvalue weighted by Crippen LogP contribution is 2.22. The molecule has 1 unspecified atom stereocenters. The normalized spacial score (nSPS) is 12.7. The highest BCUT2D eigenvalue weighted by molar-refractivity contribution is 9.10. The van der Waals surface area contributed by atoms with Gasteiger partial charge in [0.05, 0.1) is 4.47 Å². The van der Waals surface area contributed by atoms with Crippen molar-refractivity contribution in [3.05, 3.63) is 34.1 Å². The van der Waals surface area contributed by atoms with E-state index >= 15 is 0 Å². The lowest BCUT2D eigenvalue weighted by molar-refractivity contribution is 0.448. The van der Waals surface area contributed by atoms with Crippen LogP contribution in [-0.2, 0) is 6.42 Å². The van der Waals surface area contributed by atoms with E-state index in [4.69, 9.17) is 0 Å². The molecule has 1 aromatic rings. The third kappa shape index (κ3) is 5.07. The molecule has 3 heteroatoms. The average molecular weight is 316 g/mol. The zero-order chi connectivity index (χ0) is 13.4. The molecule has 18 heavy (non-hydrogen) atoms. The van der Waals surface area contributed by atoms with Crippen molar-refractivity contribution in [3.63, 3.8) is 0 Å². The Hall–Kier alpha value is -0.410. The molecule has 0 radical (unpaired) electrons. The molecule has 1 atom stereocenters. The minimum Gasteiger partial charge on any atom is -0.314 e. The van der Waals surface area contributed by atoms with Gasteiger partial charge in [-0.3, -0.25) is 0 Å². The predicted molar refractivity (Wildman–Crippen MR) is 79.4 cm³/mol. The van der Waals surface area contributed by atoms with Gasteiger partial charge in [-0.1, -0.05) is 32.4 Å². The summed E-state index contributed by atoms with van der Waals surface area (Å²) < 4.78 is 14.0. The third-order valence-corrected chi connectivity index (χ3v) is 4.00. The molecule has 0 bridgehead atoms. The van der Waals surface area contributed by atoms with E-state index in [-0.39, 0.29) is 5.82 Å². The van der Waals surface area contributed by atoms with E-state index in [1.807, 2.05) is 6.07 Å². The van der Waals surface area contributed by atoms with Crippen LogP contribution in [0.1, 0.15) is 45.1 Å². The summed E-state index contributed by atoms with van der Waals surface area (Å²) in [4.78, 5) is 0.